The van der Waals surface area contributed by atoms with Crippen molar-refractivity contribution in [3.8, 4) is 5.75 Å². The molecule has 0 atom stereocenters. The molecule has 0 fully saturated rings. The number of rotatable bonds is 5. The van der Waals surface area contributed by atoms with Crippen molar-refractivity contribution in [2.75, 3.05) is 11.9 Å². The Morgan fingerprint density at radius 3 is 2.05 bits per heavy atom. The van der Waals surface area contributed by atoms with Gasteiger partial charge in [-0.25, -0.2) is 0 Å². The molecule has 1 heterocycles. The molecule has 0 unspecified atom stereocenters. The highest BCUT2D eigenvalue weighted by molar-refractivity contribution is 6.33. The van der Waals surface area contributed by atoms with Gasteiger partial charge in [0.15, 0.2) is 18.2 Å². The van der Waals surface area contributed by atoms with E-state index in [0.717, 1.165) is 0 Å². The second kappa shape index (κ2) is 9.73. The Hall–Kier alpha value is -3.38. The van der Waals surface area contributed by atoms with Crippen molar-refractivity contribution in [1.82, 2.24) is 0 Å². The lowest BCUT2D eigenvalue weighted by Crippen LogP contribution is -2.37. The second-order valence-electron chi connectivity index (χ2n) is 11.9. The van der Waals surface area contributed by atoms with Gasteiger partial charge in [0, 0.05) is 42.4 Å². The van der Waals surface area contributed by atoms with E-state index in [0.29, 0.717) is 70.4 Å². The molecule has 2 aromatic carbocycles. The molecule has 0 bridgehead atoms. The number of hydrogen-bond donors (Lipinski definition) is 1. The van der Waals surface area contributed by atoms with Crippen LogP contribution in [0.4, 0.5) is 5.69 Å². The number of ketones is 2. The zero-order chi connectivity index (χ0) is 27.2. The Morgan fingerprint density at radius 2 is 1.45 bits per heavy atom. The number of amides is 1. The summed E-state index contributed by atoms with van der Waals surface area (Å²) in [4.78, 5) is 39.8. The Bertz CT molecular complexity index is 1350. The Labute approximate surface area is 228 Å². The minimum Gasteiger partial charge on any atom is -0.483 e. The summed E-state index contributed by atoms with van der Waals surface area (Å²) in [7, 11) is 0. The lowest BCUT2D eigenvalue weighted by molar-refractivity contribution is -0.121. The lowest BCUT2D eigenvalue weighted by Gasteiger charge is -2.43. The highest BCUT2D eigenvalue weighted by atomic mass is 35.5. The quantitative estimate of drug-likeness (QED) is 0.459. The first-order valence-electron chi connectivity index (χ1n) is 12.9. The van der Waals surface area contributed by atoms with Gasteiger partial charge in [0.2, 0.25) is 0 Å². The van der Waals surface area contributed by atoms with E-state index < -0.39 is 5.92 Å². The fraction of sp³-hybridized carbons (Fsp3) is 0.387. The molecular weight excluding hydrogens is 502 g/mol. The van der Waals surface area contributed by atoms with Gasteiger partial charge in [0.25, 0.3) is 5.91 Å². The number of nitrogens with one attached hydrogen (secondary N) is 1. The third kappa shape index (κ3) is 5.14. The van der Waals surface area contributed by atoms with Crippen molar-refractivity contribution < 1.29 is 23.9 Å². The van der Waals surface area contributed by atoms with Crippen LogP contribution in [0.2, 0.25) is 5.02 Å². The minimum absolute atomic E-state index is 0.0169. The first-order chi connectivity index (χ1) is 17.9. The fourth-order valence-electron chi connectivity index (χ4n) is 5.73. The molecule has 0 saturated carbocycles. The number of halogens is 1. The van der Waals surface area contributed by atoms with Gasteiger partial charge in [0.05, 0.1) is 16.6 Å². The third-order valence-corrected chi connectivity index (χ3v) is 7.65. The smallest absolute Gasteiger partial charge is 0.262 e. The predicted octanol–water partition coefficient (Wildman–Crippen LogP) is 6.76. The normalized spacial score (nSPS) is 20.4. The molecule has 3 aliphatic rings. The summed E-state index contributed by atoms with van der Waals surface area (Å²) >= 11 is 6.17. The molecule has 7 heteroatoms. The van der Waals surface area contributed by atoms with E-state index in [-0.39, 0.29) is 34.9 Å². The molecule has 1 N–H and O–H groups in total. The largest absolute Gasteiger partial charge is 0.483 e. The Morgan fingerprint density at radius 1 is 0.895 bits per heavy atom. The number of benzene rings is 2. The van der Waals surface area contributed by atoms with E-state index in [4.69, 9.17) is 21.1 Å². The van der Waals surface area contributed by atoms with E-state index in [1.807, 2.05) is 18.2 Å². The molecule has 2 aromatic rings. The minimum atomic E-state index is -0.594. The van der Waals surface area contributed by atoms with Gasteiger partial charge in [-0.1, -0.05) is 69.6 Å². The average Bonchev–Trinajstić information content (AvgIpc) is 2.81. The standard InChI is InChI=1S/C31H32ClNO5/c1-30(2)13-21(34)28-24(15-30)38-25-16-31(3,4)14-22(35)29(25)27(28)18-9-5-8-12-23(18)37-17-26(36)33-20-11-7-6-10-19(20)32/h5-12,27H,13-17H2,1-4H3,(H,33,36). The van der Waals surface area contributed by atoms with Crippen LogP contribution in [0.5, 0.6) is 5.75 Å². The molecular formula is C31H32ClNO5. The molecule has 0 saturated heterocycles. The van der Waals surface area contributed by atoms with Gasteiger partial charge >= 0.3 is 0 Å². The number of carbonyl (C=O) groups is 3. The van der Waals surface area contributed by atoms with Crippen molar-refractivity contribution in [3.63, 3.8) is 0 Å². The summed E-state index contributed by atoms with van der Waals surface area (Å²) < 4.78 is 12.4. The summed E-state index contributed by atoms with van der Waals surface area (Å²) in [6.45, 7) is 7.97. The van der Waals surface area contributed by atoms with Crippen LogP contribution in [-0.4, -0.2) is 24.1 Å². The summed E-state index contributed by atoms with van der Waals surface area (Å²) in [5.41, 5.74) is 1.78. The zero-order valence-electron chi connectivity index (χ0n) is 22.2. The van der Waals surface area contributed by atoms with Crippen molar-refractivity contribution >= 4 is 34.8 Å². The summed E-state index contributed by atoms with van der Waals surface area (Å²) in [6.07, 6.45) is 1.97. The monoisotopic (exact) mass is 533 g/mol. The average molecular weight is 534 g/mol. The molecule has 38 heavy (non-hydrogen) atoms. The van der Waals surface area contributed by atoms with Gasteiger partial charge in [-0.3, -0.25) is 14.4 Å². The predicted molar refractivity (Wildman–Crippen MR) is 146 cm³/mol. The number of ether oxygens (including phenoxy) is 2. The number of hydrogen-bond acceptors (Lipinski definition) is 5. The van der Waals surface area contributed by atoms with Crippen molar-refractivity contribution in [3.05, 3.63) is 81.8 Å². The highest BCUT2D eigenvalue weighted by Crippen LogP contribution is 2.54. The van der Waals surface area contributed by atoms with Crippen LogP contribution in [0, 0.1) is 10.8 Å². The molecule has 1 amide bonds. The number of allylic oxidation sites excluding steroid dienone is 4. The van der Waals surface area contributed by atoms with Crippen LogP contribution < -0.4 is 10.1 Å². The van der Waals surface area contributed by atoms with Crippen LogP contribution in [0.1, 0.15) is 64.9 Å². The van der Waals surface area contributed by atoms with Gasteiger partial charge in [-0.2, -0.15) is 0 Å². The molecule has 5 rings (SSSR count). The third-order valence-electron chi connectivity index (χ3n) is 7.32. The SMILES string of the molecule is CC1(C)CC(=O)C2=C(C1)OC1=C(C(=O)CC(C)(C)C1)C2c1ccccc1OCC(=O)Nc1ccccc1Cl. The topological polar surface area (TPSA) is 81.7 Å². The first-order valence-corrected chi connectivity index (χ1v) is 13.3. The number of Topliss-reactive ketones (excluding diaryl/α,β-unsaturated/α-hetero) is 2. The lowest BCUT2D eigenvalue weighted by atomic mass is 9.65. The van der Waals surface area contributed by atoms with Crippen molar-refractivity contribution in [2.24, 2.45) is 10.8 Å². The molecule has 0 spiro atoms. The highest BCUT2D eigenvalue weighted by Gasteiger charge is 2.48. The fourth-order valence-corrected chi connectivity index (χ4v) is 5.91. The van der Waals surface area contributed by atoms with Gasteiger partial charge in [-0.15, -0.1) is 0 Å². The maximum atomic E-state index is 13.6. The molecule has 0 radical (unpaired) electrons. The maximum Gasteiger partial charge on any atom is 0.262 e. The van der Waals surface area contributed by atoms with Gasteiger partial charge in [0.1, 0.15) is 17.3 Å². The van der Waals surface area contributed by atoms with E-state index in [1.54, 1.807) is 30.3 Å². The van der Waals surface area contributed by atoms with Crippen molar-refractivity contribution in [1.29, 1.82) is 0 Å². The summed E-state index contributed by atoms with van der Waals surface area (Å²) in [6, 6.07) is 14.3. The molecule has 6 nitrogen and oxygen atoms in total. The van der Waals surface area contributed by atoms with E-state index in [1.165, 1.54) is 0 Å². The van der Waals surface area contributed by atoms with Crippen LogP contribution in [0.25, 0.3) is 0 Å². The number of carbonyl (C=O) groups excluding carboxylic acids is 3. The molecule has 1 aliphatic heterocycles. The van der Waals surface area contributed by atoms with Crippen LogP contribution >= 0.6 is 11.6 Å². The van der Waals surface area contributed by atoms with E-state index >= 15 is 0 Å². The zero-order valence-corrected chi connectivity index (χ0v) is 22.9. The van der Waals surface area contributed by atoms with Crippen molar-refractivity contribution in [2.45, 2.75) is 59.3 Å². The number of anilines is 1. The maximum absolute atomic E-state index is 13.6. The first kappa shape index (κ1) is 26.2. The summed E-state index contributed by atoms with van der Waals surface area (Å²) in [5, 5.41) is 3.19. The van der Waals surface area contributed by atoms with E-state index in [2.05, 4.69) is 33.0 Å². The van der Waals surface area contributed by atoms with Crippen LogP contribution in [0.15, 0.2) is 71.2 Å². The Balaban J connectivity index is 1.51. The molecule has 198 valence electrons. The number of para-hydroxylation sites is 2. The van der Waals surface area contributed by atoms with Crippen LogP contribution in [0.3, 0.4) is 0 Å². The molecule has 0 aromatic heterocycles. The Kier molecular flexibility index (Phi) is 6.72. The van der Waals surface area contributed by atoms with Gasteiger partial charge in [-0.05, 0) is 29.0 Å². The second-order valence-corrected chi connectivity index (χ2v) is 12.4. The van der Waals surface area contributed by atoms with Gasteiger partial charge < -0.3 is 14.8 Å². The molecule has 2 aliphatic carbocycles. The van der Waals surface area contributed by atoms with E-state index in [9.17, 15) is 14.4 Å². The summed E-state index contributed by atoms with van der Waals surface area (Å²) in [5.74, 6) is 0.740. The van der Waals surface area contributed by atoms with Crippen LogP contribution in [-0.2, 0) is 19.1 Å².